The number of ether oxygens (including phenoxy) is 1. The highest BCUT2D eigenvalue weighted by Crippen LogP contribution is 2.18. The van der Waals surface area contributed by atoms with Crippen LogP contribution in [0, 0.1) is 10.1 Å². The van der Waals surface area contributed by atoms with Crippen LogP contribution in [-0.2, 0) is 11.2 Å². The second-order valence-electron chi connectivity index (χ2n) is 3.42. The van der Waals surface area contributed by atoms with E-state index in [0.29, 0.717) is 6.10 Å². The van der Waals surface area contributed by atoms with E-state index < -0.39 is 0 Å². The molecule has 4 nitrogen and oxygen atoms in total. The van der Waals surface area contributed by atoms with Crippen molar-refractivity contribution < 1.29 is 9.66 Å². The Kier molecular flexibility index (Phi) is 2.45. The molecule has 1 fully saturated rings. The van der Waals surface area contributed by atoms with Gasteiger partial charge in [0.05, 0.1) is 17.6 Å². The Morgan fingerprint density at radius 3 is 2.57 bits per heavy atom. The van der Waals surface area contributed by atoms with Crippen LogP contribution in [0.4, 0.5) is 5.69 Å². The lowest BCUT2D eigenvalue weighted by Gasteiger charge is -1.98. The third-order valence-corrected chi connectivity index (χ3v) is 2.30. The molecule has 1 heterocycles. The van der Waals surface area contributed by atoms with Crippen LogP contribution in [0.3, 0.4) is 0 Å². The third-order valence-electron chi connectivity index (χ3n) is 2.30. The maximum atomic E-state index is 10.4. The summed E-state index contributed by atoms with van der Waals surface area (Å²) in [5, 5.41) is 10.4. The topological polar surface area (TPSA) is 55.7 Å². The summed E-state index contributed by atoms with van der Waals surface area (Å²) >= 11 is 0. The number of nitrogens with zero attached hydrogens (tertiary/aromatic N) is 1. The van der Waals surface area contributed by atoms with Crippen molar-refractivity contribution in [3.8, 4) is 0 Å². The van der Waals surface area contributed by atoms with E-state index in [4.69, 9.17) is 4.74 Å². The van der Waals surface area contributed by atoms with Gasteiger partial charge in [0.2, 0.25) is 0 Å². The molecule has 0 N–H and O–H groups in total. The molecular formula is C10H11NO3. The Bertz CT molecular complexity index is 330. The molecule has 1 atom stereocenters. The fourth-order valence-electron chi connectivity index (χ4n) is 1.35. The fourth-order valence-corrected chi connectivity index (χ4v) is 1.35. The van der Waals surface area contributed by atoms with Crippen molar-refractivity contribution in [3.63, 3.8) is 0 Å². The first-order valence-corrected chi connectivity index (χ1v) is 4.60. The van der Waals surface area contributed by atoms with Gasteiger partial charge in [0, 0.05) is 12.1 Å². The van der Waals surface area contributed by atoms with Crippen molar-refractivity contribution >= 4 is 5.69 Å². The minimum Gasteiger partial charge on any atom is -0.373 e. The molecule has 14 heavy (non-hydrogen) atoms. The van der Waals surface area contributed by atoms with Gasteiger partial charge >= 0.3 is 0 Å². The van der Waals surface area contributed by atoms with Crippen molar-refractivity contribution in [1.82, 2.24) is 0 Å². The van der Waals surface area contributed by atoms with Crippen LogP contribution in [0.5, 0.6) is 0 Å². The average Bonchev–Trinajstić information content (AvgIpc) is 2.99. The first-order valence-electron chi connectivity index (χ1n) is 4.60. The molecule has 4 heteroatoms. The van der Waals surface area contributed by atoms with Crippen molar-refractivity contribution in [2.75, 3.05) is 6.61 Å². The van der Waals surface area contributed by atoms with Crippen molar-refractivity contribution in [2.45, 2.75) is 18.9 Å². The van der Waals surface area contributed by atoms with E-state index in [-0.39, 0.29) is 10.6 Å². The smallest absolute Gasteiger partial charge is 0.269 e. The quantitative estimate of drug-likeness (QED) is 0.417. The van der Waals surface area contributed by atoms with Gasteiger partial charge in [-0.1, -0.05) is 12.1 Å². The fraction of sp³-hybridized carbons (Fsp3) is 0.400. The Hall–Kier alpha value is -1.42. The van der Waals surface area contributed by atoms with Crippen molar-refractivity contribution in [1.29, 1.82) is 0 Å². The molecule has 2 rings (SSSR count). The molecule has 1 aromatic carbocycles. The molecule has 1 saturated heterocycles. The van der Waals surface area contributed by atoms with Gasteiger partial charge in [0.15, 0.2) is 0 Å². The Morgan fingerprint density at radius 1 is 1.43 bits per heavy atom. The highest BCUT2D eigenvalue weighted by atomic mass is 16.6. The Morgan fingerprint density at radius 2 is 2.07 bits per heavy atom. The molecule has 0 aromatic heterocycles. The summed E-state index contributed by atoms with van der Waals surface area (Å²) in [5.41, 5.74) is 1.28. The van der Waals surface area contributed by atoms with Gasteiger partial charge < -0.3 is 4.74 Å². The normalized spacial score (nSPS) is 19.3. The van der Waals surface area contributed by atoms with E-state index in [1.54, 1.807) is 24.3 Å². The summed E-state index contributed by atoms with van der Waals surface area (Å²) in [4.78, 5) is 9.99. The molecular weight excluding hydrogens is 182 g/mol. The summed E-state index contributed by atoms with van der Waals surface area (Å²) in [5.74, 6) is 0. The van der Waals surface area contributed by atoms with Gasteiger partial charge in [-0.2, -0.15) is 0 Å². The zero-order valence-corrected chi connectivity index (χ0v) is 7.68. The van der Waals surface area contributed by atoms with Crippen molar-refractivity contribution in [2.24, 2.45) is 0 Å². The summed E-state index contributed by atoms with van der Waals surface area (Å²) in [6.07, 6.45) is 2.37. The summed E-state index contributed by atoms with van der Waals surface area (Å²) in [6.45, 7) is 0.868. The van der Waals surface area contributed by atoms with Gasteiger partial charge in [0.25, 0.3) is 5.69 Å². The maximum absolute atomic E-state index is 10.4. The van der Waals surface area contributed by atoms with Crippen LogP contribution in [0.25, 0.3) is 0 Å². The zero-order chi connectivity index (χ0) is 9.97. The molecule has 0 amide bonds. The molecule has 1 aliphatic heterocycles. The predicted octanol–water partition coefficient (Wildman–Crippen LogP) is 1.93. The lowest BCUT2D eigenvalue weighted by atomic mass is 10.1. The molecule has 0 bridgehead atoms. The van der Waals surface area contributed by atoms with Gasteiger partial charge in [-0.25, -0.2) is 0 Å². The number of epoxide rings is 1. The van der Waals surface area contributed by atoms with E-state index in [1.807, 2.05) is 0 Å². The van der Waals surface area contributed by atoms with Gasteiger partial charge in [-0.3, -0.25) is 10.1 Å². The third kappa shape index (κ3) is 2.29. The number of non-ortho nitro benzene ring substituents is 1. The standard InChI is InChI=1S/C10H11NO3/c12-11(13)9-4-1-8(2-5-9)3-6-10-7-14-10/h1-2,4-5,10H,3,6-7H2/t10-/m0/s1. The molecule has 1 aliphatic rings. The SMILES string of the molecule is O=[N+]([O-])c1ccc(CC[C@H]2CO2)cc1. The maximum Gasteiger partial charge on any atom is 0.269 e. The van der Waals surface area contributed by atoms with E-state index in [0.717, 1.165) is 25.0 Å². The highest BCUT2D eigenvalue weighted by Gasteiger charge is 2.21. The lowest BCUT2D eigenvalue weighted by molar-refractivity contribution is -0.384. The van der Waals surface area contributed by atoms with E-state index in [1.165, 1.54) is 0 Å². The van der Waals surface area contributed by atoms with Crippen LogP contribution in [-0.4, -0.2) is 17.6 Å². The first kappa shape index (κ1) is 9.15. The minimum atomic E-state index is -0.381. The van der Waals surface area contributed by atoms with Crippen LogP contribution < -0.4 is 0 Å². The Balaban J connectivity index is 1.94. The monoisotopic (exact) mass is 193 g/mol. The van der Waals surface area contributed by atoms with Crippen LogP contribution in [0.15, 0.2) is 24.3 Å². The number of aryl methyl sites for hydroxylation is 1. The first-order chi connectivity index (χ1) is 6.75. The molecule has 0 unspecified atom stereocenters. The number of hydrogen-bond donors (Lipinski definition) is 0. The number of nitro groups is 1. The molecule has 0 aliphatic carbocycles. The number of benzene rings is 1. The minimum absolute atomic E-state index is 0.149. The second-order valence-corrected chi connectivity index (χ2v) is 3.42. The van der Waals surface area contributed by atoms with E-state index >= 15 is 0 Å². The van der Waals surface area contributed by atoms with Crippen LogP contribution >= 0.6 is 0 Å². The van der Waals surface area contributed by atoms with Crippen molar-refractivity contribution in [3.05, 3.63) is 39.9 Å². The molecule has 74 valence electrons. The summed E-state index contributed by atoms with van der Waals surface area (Å²) < 4.78 is 5.08. The molecule has 0 spiro atoms. The lowest BCUT2D eigenvalue weighted by Crippen LogP contribution is -1.92. The molecule has 1 aromatic rings. The molecule has 0 radical (unpaired) electrons. The number of rotatable bonds is 4. The summed E-state index contributed by atoms with van der Waals surface area (Å²) in [6, 6.07) is 6.70. The Labute approximate surface area is 81.7 Å². The zero-order valence-electron chi connectivity index (χ0n) is 7.68. The summed E-state index contributed by atoms with van der Waals surface area (Å²) in [7, 11) is 0. The largest absolute Gasteiger partial charge is 0.373 e. The van der Waals surface area contributed by atoms with Gasteiger partial charge in [0.1, 0.15) is 0 Å². The average molecular weight is 193 g/mol. The van der Waals surface area contributed by atoms with Gasteiger partial charge in [-0.05, 0) is 18.4 Å². The molecule has 0 saturated carbocycles. The van der Waals surface area contributed by atoms with Crippen LogP contribution in [0.1, 0.15) is 12.0 Å². The van der Waals surface area contributed by atoms with E-state index in [2.05, 4.69) is 0 Å². The van der Waals surface area contributed by atoms with Gasteiger partial charge in [-0.15, -0.1) is 0 Å². The second kappa shape index (κ2) is 3.75. The number of hydrogen-bond acceptors (Lipinski definition) is 3. The highest BCUT2D eigenvalue weighted by molar-refractivity contribution is 5.32. The number of nitro benzene ring substituents is 1. The van der Waals surface area contributed by atoms with Crippen LogP contribution in [0.2, 0.25) is 0 Å². The van der Waals surface area contributed by atoms with E-state index in [9.17, 15) is 10.1 Å². The predicted molar refractivity (Wildman–Crippen MR) is 51.2 cm³/mol.